The molecule has 1 atom stereocenters. The number of β-amino-alcohol motifs (C(OH)–C–C–N with tert-alkyl or cyclic N) is 1. The summed E-state index contributed by atoms with van der Waals surface area (Å²) in [5.74, 6) is 0.485. The van der Waals surface area contributed by atoms with E-state index in [1.54, 1.807) is 6.20 Å². The fourth-order valence-corrected chi connectivity index (χ4v) is 3.54. The van der Waals surface area contributed by atoms with Crippen molar-refractivity contribution < 1.29 is 9.90 Å². The molecule has 2 aliphatic heterocycles. The average molecular weight is 347 g/mol. The van der Waals surface area contributed by atoms with Gasteiger partial charge < -0.3 is 20.2 Å². The molecule has 1 aromatic heterocycles. The molecule has 138 valence electrons. The Morgan fingerprint density at radius 3 is 2.48 bits per heavy atom. The van der Waals surface area contributed by atoms with Crippen molar-refractivity contribution in [3.63, 3.8) is 0 Å². The van der Waals surface area contributed by atoms with Crippen LogP contribution in [0.2, 0.25) is 0 Å². The predicted octanol–water partition coefficient (Wildman–Crippen LogP) is 1.36. The number of likely N-dealkylation sites (tertiary alicyclic amines) is 2. The monoisotopic (exact) mass is 347 g/mol. The molecule has 1 amide bonds. The SMILES string of the molecule is O=C(c1cncc(NCC(O)CN2CCCCCC2)n1)N1CCCC1. The van der Waals surface area contributed by atoms with Crippen molar-refractivity contribution in [2.75, 3.05) is 44.6 Å². The third kappa shape index (κ3) is 5.37. The van der Waals surface area contributed by atoms with Crippen LogP contribution in [0.4, 0.5) is 5.82 Å². The Balaban J connectivity index is 1.48. The summed E-state index contributed by atoms with van der Waals surface area (Å²) in [6.07, 6.45) is 9.77. The van der Waals surface area contributed by atoms with Crippen LogP contribution >= 0.6 is 0 Å². The number of anilines is 1. The molecule has 0 aliphatic carbocycles. The summed E-state index contributed by atoms with van der Waals surface area (Å²) in [6, 6.07) is 0. The van der Waals surface area contributed by atoms with E-state index in [4.69, 9.17) is 0 Å². The van der Waals surface area contributed by atoms with Gasteiger partial charge >= 0.3 is 0 Å². The summed E-state index contributed by atoms with van der Waals surface area (Å²) < 4.78 is 0. The molecule has 3 heterocycles. The number of rotatable bonds is 6. The topological polar surface area (TPSA) is 81.6 Å². The number of hydrogen-bond acceptors (Lipinski definition) is 6. The number of nitrogens with zero attached hydrogens (tertiary/aromatic N) is 4. The van der Waals surface area contributed by atoms with E-state index in [2.05, 4.69) is 20.2 Å². The quantitative estimate of drug-likeness (QED) is 0.809. The molecular formula is C18H29N5O2. The van der Waals surface area contributed by atoms with Gasteiger partial charge in [0.05, 0.1) is 18.5 Å². The van der Waals surface area contributed by atoms with Crippen LogP contribution in [0.15, 0.2) is 12.4 Å². The minimum Gasteiger partial charge on any atom is -0.390 e. The van der Waals surface area contributed by atoms with Gasteiger partial charge in [0.15, 0.2) is 0 Å². The Labute approximate surface area is 149 Å². The molecule has 2 aliphatic rings. The van der Waals surface area contributed by atoms with Crippen molar-refractivity contribution in [1.82, 2.24) is 19.8 Å². The predicted molar refractivity (Wildman–Crippen MR) is 96.6 cm³/mol. The standard InChI is InChI=1S/C18H29N5O2/c24-15(14-22-7-3-1-2-4-8-22)11-20-17-13-19-12-16(21-17)18(25)23-9-5-6-10-23/h12-13,15,24H,1-11,14H2,(H,20,21). The van der Waals surface area contributed by atoms with E-state index in [-0.39, 0.29) is 5.91 Å². The first kappa shape index (κ1) is 18.1. The summed E-state index contributed by atoms with van der Waals surface area (Å²) in [7, 11) is 0. The molecule has 0 bridgehead atoms. The average Bonchev–Trinajstić information content (AvgIpc) is 3.05. The molecule has 7 nitrogen and oxygen atoms in total. The van der Waals surface area contributed by atoms with Gasteiger partial charge in [0, 0.05) is 26.2 Å². The Bertz CT molecular complexity index is 554. The van der Waals surface area contributed by atoms with Gasteiger partial charge in [-0.1, -0.05) is 12.8 Å². The first-order chi connectivity index (χ1) is 12.2. The Kier molecular flexibility index (Phi) is 6.58. The summed E-state index contributed by atoms with van der Waals surface area (Å²) in [6.45, 7) is 4.81. The lowest BCUT2D eigenvalue weighted by molar-refractivity contribution is 0.0786. The molecule has 3 rings (SSSR count). The van der Waals surface area contributed by atoms with Crippen LogP contribution in [0.25, 0.3) is 0 Å². The van der Waals surface area contributed by atoms with Crippen LogP contribution < -0.4 is 5.32 Å². The zero-order valence-corrected chi connectivity index (χ0v) is 14.9. The fraction of sp³-hybridized carbons (Fsp3) is 0.722. The number of carbonyl (C=O) groups excluding carboxylic acids is 1. The number of carbonyl (C=O) groups is 1. The Hall–Kier alpha value is -1.73. The highest BCUT2D eigenvalue weighted by Crippen LogP contribution is 2.13. The highest BCUT2D eigenvalue weighted by atomic mass is 16.3. The first-order valence-corrected chi connectivity index (χ1v) is 9.48. The van der Waals surface area contributed by atoms with Gasteiger partial charge in [-0.15, -0.1) is 0 Å². The highest BCUT2D eigenvalue weighted by molar-refractivity contribution is 5.92. The fourth-order valence-electron chi connectivity index (χ4n) is 3.54. The second kappa shape index (κ2) is 9.10. The maximum Gasteiger partial charge on any atom is 0.274 e. The number of amides is 1. The summed E-state index contributed by atoms with van der Waals surface area (Å²) in [4.78, 5) is 25.0. The molecule has 1 unspecified atom stereocenters. The van der Waals surface area contributed by atoms with E-state index in [0.717, 1.165) is 39.0 Å². The summed E-state index contributed by atoms with van der Waals surface area (Å²) >= 11 is 0. The second-order valence-corrected chi connectivity index (χ2v) is 7.04. The van der Waals surface area contributed by atoms with Crippen molar-refractivity contribution in [2.24, 2.45) is 0 Å². The van der Waals surface area contributed by atoms with Crippen LogP contribution in [-0.2, 0) is 0 Å². The normalized spacial score (nSPS) is 20.3. The van der Waals surface area contributed by atoms with Crippen LogP contribution in [0.3, 0.4) is 0 Å². The summed E-state index contributed by atoms with van der Waals surface area (Å²) in [5.41, 5.74) is 0.369. The zero-order chi connectivity index (χ0) is 17.5. The highest BCUT2D eigenvalue weighted by Gasteiger charge is 2.21. The van der Waals surface area contributed by atoms with E-state index < -0.39 is 6.10 Å². The number of aromatic nitrogens is 2. The van der Waals surface area contributed by atoms with Gasteiger partial charge in [-0.3, -0.25) is 9.78 Å². The van der Waals surface area contributed by atoms with E-state index >= 15 is 0 Å². The lowest BCUT2D eigenvalue weighted by Crippen LogP contribution is -2.36. The Morgan fingerprint density at radius 1 is 1.08 bits per heavy atom. The molecule has 25 heavy (non-hydrogen) atoms. The largest absolute Gasteiger partial charge is 0.390 e. The molecular weight excluding hydrogens is 318 g/mol. The van der Waals surface area contributed by atoms with Crippen LogP contribution in [-0.4, -0.2) is 76.2 Å². The Morgan fingerprint density at radius 2 is 1.76 bits per heavy atom. The number of aliphatic hydroxyl groups excluding tert-OH is 1. The minimum absolute atomic E-state index is 0.0567. The zero-order valence-electron chi connectivity index (χ0n) is 14.9. The van der Waals surface area contributed by atoms with Gasteiger partial charge in [-0.2, -0.15) is 0 Å². The van der Waals surface area contributed by atoms with Crippen molar-refractivity contribution in [2.45, 2.75) is 44.6 Å². The van der Waals surface area contributed by atoms with Crippen molar-refractivity contribution in [1.29, 1.82) is 0 Å². The van der Waals surface area contributed by atoms with Gasteiger partial charge in [-0.25, -0.2) is 4.98 Å². The van der Waals surface area contributed by atoms with E-state index in [9.17, 15) is 9.90 Å². The van der Waals surface area contributed by atoms with Gasteiger partial charge in [-0.05, 0) is 38.8 Å². The van der Waals surface area contributed by atoms with Crippen LogP contribution in [0.1, 0.15) is 49.0 Å². The molecule has 0 radical (unpaired) electrons. The summed E-state index contributed by atoms with van der Waals surface area (Å²) in [5, 5.41) is 13.4. The first-order valence-electron chi connectivity index (χ1n) is 9.48. The molecule has 2 fully saturated rings. The van der Waals surface area contributed by atoms with Gasteiger partial charge in [0.2, 0.25) is 0 Å². The molecule has 0 aromatic carbocycles. The smallest absolute Gasteiger partial charge is 0.274 e. The lowest BCUT2D eigenvalue weighted by Gasteiger charge is -2.23. The van der Waals surface area contributed by atoms with E-state index in [1.165, 1.54) is 31.9 Å². The van der Waals surface area contributed by atoms with Crippen molar-refractivity contribution in [3.05, 3.63) is 18.1 Å². The van der Waals surface area contributed by atoms with Crippen LogP contribution in [0.5, 0.6) is 0 Å². The molecule has 7 heteroatoms. The van der Waals surface area contributed by atoms with Gasteiger partial charge in [0.1, 0.15) is 11.5 Å². The van der Waals surface area contributed by atoms with E-state index in [0.29, 0.717) is 24.6 Å². The van der Waals surface area contributed by atoms with Crippen molar-refractivity contribution in [3.8, 4) is 0 Å². The third-order valence-corrected chi connectivity index (χ3v) is 4.93. The van der Waals surface area contributed by atoms with Crippen LogP contribution in [0, 0.1) is 0 Å². The molecule has 1 aromatic rings. The molecule has 0 spiro atoms. The molecule has 2 N–H and O–H groups in total. The van der Waals surface area contributed by atoms with Gasteiger partial charge in [0.25, 0.3) is 5.91 Å². The minimum atomic E-state index is -0.460. The maximum absolute atomic E-state index is 12.4. The van der Waals surface area contributed by atoms with E-state index in [1.807, 2.05) is 4.90 Å². The third-order valence-electron chi connectivity index (χ3n) is 4.93. The number of nitrogens with one attached hydrogen (secondary N) is 1. The van der Waals surface area contributed by atoms with Crippen molar-refractivity contribution >= 4 is 11.7 Å². The number of aliphatic hydroxyl groups is 1. The second-order valence-electron chi connectivity index (χ2n) is 7.04. The number of hydrogen-bond donors (Lipinski definition) is 2. The molecule has 2 saturated heterocycles. The lowest BCUT2D eigenvalue weighted by atomic mass is 10.2. The maximum atomic E-state index is 12.4. The molecule has 0 saturated carbocycles.